The third-order valence-electron chi connectivity index (χ3n) is 1.46. The van der Waals surface area contributed by atoms with Crippen molar-refractivity contribution in [3.63, 3.8) is 0 Å². The fourth-order valence-corrected chi connectivity index (χ4v) is 0.830. The van der Waals surface area contributed by atoms with Gasteiger partial charge in [0.25, 0.3) is 5.69 Å². The lowest BCUT2D eigenvalue weighted by molar-refractivity contribution is -0.385. The van der Waals surface area contributed by atoms with Gasteiger partial charge in [-0.25, -0.2) is 0 Å². The van der Waals surface area contributed by atoms with Gasteiger partial charge in [-0.2, -0.15) is 0 Å². The number of rotatable bonds is 2. The summed E-state index contributed by atoms with van der Waals surface area (Å²) >= 11 is 0. The first-order chi connectivity index (χ1) is 6.79. The third-order valence-corrected chi connectivity index (χ3v) is 1.46. The van der Waals surface area contributed by atoms with Gasteiger partial charge in [0.05, 0.1) is 16.7 Å². The Balaban J connectivity index is 3.06. The molecule has 0 saturated carbocycles. The van der Waals surface area contributed by atoms with Crippen LogP contribution in [-0.4, -0.2) is 16.3 Å². The predicted octanol–water partition coefficient (Wildman–Crippen LogP) is 2.20. The van der Waals surface area contributed by atoms with Gasteiger partial charge in [0.1, 0.15) is 6.20 Å². The number of hydrogen-bond acceptors (Lipinski definition) is 4. The van der Waals surface area contributed by atoms with Crippen molar-refractivity contribution in [3.05, 3.63) is 28.1 Å². The highest BCUT2D eigenvalue weighted by atomic mass is 19.4. The van der Waals surface area contributed by atoms with Crippen LogP contribution in [-0.2, 0) is 0 Å². The molecule has 1 heterocycles. The zero-order valence-corrected chi connectivity index (χ0v) is 7.41. The SMILES string of the molecule is Cc1ncc([N+](=O)[O-])cc1OC(F)(F)F. The van der Waals surface area contributed by atoms with E-state index in [0.717, 1.165) is 6.20 Å². The van der Waals surface area contributed by atoms with E-state index in [0.29, 0.717) is 6.07 Å². The van der Waals surface area contributed by atoms with E-state index in [9.17, 15) is 23.3 Å². The normalized spacial score (nSPS) is 11.2. The number of aromatic nitrogens is 1. The van der Waals surface area contributed by atoms with Crippen molar-refractivity contribution in [1.82, 2.24) is 4.98 Å². The molecule has 0 unspecified atom stereocenters. The molecule has 0 radical (unpaired) electrons. The fraction of sp³-hybridized carbons (Fsp3) is 0.286. The highest BCUT2D eigenvalue weighted by Crippen LogP contribution is 2.27. The summed E-state index contributed by atoms with van der Waals surface area (Å²) in [4.78, 5) is 12.8. The smallest absolute Gasteiger partial charge is 0.404 e. The number of nitrogens with zero attached hydrogens (tertiary/aromatic N) is 2. The van der Waals surface area contributed by atoms with Gasteiger partial charge in [-0.05, 0) is 6.92 Å². The second-order valence-corrected chi connectivity index (χ2v) is 2.58. The molecule has 5 nitrogen and oxygen atoms in total. The van der Waals surface area contributed by atoms with E-state index >= 15 is 0 Å². The minimum absolute atomic E-state index is 0.0714. The molecule has 0 aliphatic carbocycles. The molecule has 82 valence electrons. The Bertz CT molecular complexity index is 392. The van der Waals surface area contributed by atoms with Crippen LogP contribution >= 0.6 is 0 Å². The summed E-state index contributed by atoms with van der Waals surface area (Å²) in [5.41, 5.74) is -0.627. The number of alkyl halides is 3. The average molecular weight is 222 g/mol. The van der Waals surface area contributed by atoms with Crippen LogP contribution in [0.3, 0.4) is 0 Å². The summed E-state index contributed by atoms with van der Waals surface area (Å²) in [6.45, 7) is 1.25. The van der Waals surface area contributed by atoms with Gasteiger partial charge in [0.15, 0.2) is 5.75 Å². The van der Waals surface area contributed by atoms with Crippen LogP contribution in [0, 0.1) is 17.0 Å². The standard InChI is InChI=1S/C7H5F3N2O3/c1-4-6(15-7(8,9)10)2-5(3-11-4)12(13)14/h2-3H,1H3. The van der Waals surface area contributed by atoms with Crippen molar-refractivity contribution < 1.29 is 22.8 Å². The van der Waals surface area contributed by atoms with Crippen LogP contribution in [0.2, 0.25) is 0 Å². The summed E-state index contributed by atoms with van der Waals surface area (Å²) in [5.74, 6) is -0.670. The minimum atomic E-state index is -4.89. The molecule has 15 heavy (non-hydrogen) atoms. The number of pyridine rings is 1. The van der Waals surface area contributed by atoms with Crippen molar-refractivity contribution in [2.75, 3.05) is 0 Å². The summed E-state index contributed by atoms with van der Waals surface area (Å²) in [7, 11) is 0. The molecule has 0 spiro atoms. The van der Waals surface area contributed by atoms with Gasteiger partial charge in [-0.1, -0.05) is 0 Å². The maximum absolute atomic E-state index is 11.8. The lowest BCUT2D eigenvalue weighted by Crippen LogP contribution is -2.18. The van der Waals surface area contributed by atoms with Gasteiger partial charge < -0.3 is 4.74 Å². The molecule has 0 bridgehead atoms. The van der Waals surface area contributed by atoms with Gasteiger partial charge in [-0.15, -0.1) is 13.2 Å². The van der Waals surface area contributed by atoms with Crippen LogP contribution < -0.4 is 4.74 Å². The van der Waals surface area contributed by atoms with Crippen molar-refractivity contribution in [1.29, 1.82) is 0 Å². The Morgan fingerprint density at radius 3 is 2.60 bits per heavy atom. The topological polar surface area (TPSA) is 65.3 Å². The van der Waals surface area contributed by atoms with E-state index in [-0.39, 0.29) is 5.69 Å². The van der Waals surface area contributed by atoms with Gasteiger partial charge in [-0.3, -0.25) is 15.1 Å². The molecule has 1 rings (SSSR count). The van der Waals surface area contributed by atoms with Crippen LogP contribution in [0.25, 0.3) is 0 Å². The molecule has 1 aromatic rings. The maximum atomic E-state index is 11.8. The largest absolute Gasteiger partial charge is 0.573 e. The van der Waals surface area contributed by atoms with Crippen molar-refractivity contribution in [2.45, 2.75) is 13.3 Å². The molecule has 0 amide bonds. The first-order valence-corrected chi connectivity index (χ1v) is 3.66. The van der Waals surface area contributed by atoms with Crippen LogP contribution in [0.1, 0.15) is 5.69 Å². The number of halogens is 3. The summed E-state index contributed by atoms with van der Waals surface area (Å²) in [6, 6.07) is 0.676. The lowest BCUT2D eigenvalue weighted by Gasteiger charge is -2.09. The highest BCUT2D eigenvalue weighted by molar-refractivity contribution is 5.38. The average Bonchev–Trinajstić information content (AvgIpc) is 2.06. The first-order valence-electron chi connectivity index (χ1n) is 3.66. The van der Waals surface area contributed by atoms with Crippen LogP contribution in [0.15, 0.2) is 12.3 Å². The number of aryl methyl sites for hydroxylation is 1. The lowest BCUT2D eigenvalue weighted by atomic mass is 10.3. The quantitative estimate of drug-likeness (QED) is 0.568. The summed E-state index contributed by atoms with van der Waals surface area (Å²) in [5, 5.41) is 10.3. The fourth-order valence-electron chi connectivity index (χ4n) is 0.830. The van der Waals surface area contributed by atoms with Crippen LogP contribution in [0.5, 0.6) is 5.75 Å². The monoisotopic (exact) mass is 222 g/mol. The Kier molecular flexibility index (Phi) is 2.78. The highest BCUT2D eigenvalue weighted by Gasteiger charge is 2.32. The van der Waals surface area contributed by atoms with Gasteiger partial charge >= 0.3 is 6.36 Å². The van der Waals surface area contributed by atoms with Crippen molar-refractivity contribution in [2.24, 2.45) is 0 Å². The molecule has 0 aliphatic heterocycles. The third kappa shape index (κ3) is 3.08. The molecule has 0 saturated heterocycles. The Labute approximate surface area is 81.6 Å². The molecule has 0 aromatic carbocycles. The molecule has 0 atom stereocenters. The minimum Gasteiger partial charge on any atom is -0.404 e. The van der Waals surface area contributed by atoms with Crippen molar-refractivity contribution >= 4 is 5.69 Å². The zero-order valence-electron chi connectivity index (χ0n) is 7.41. The second kappa shape index (κ2) is 3.71. The van der Waals surface area contributed by atoms with E-state index in [2.05, 4.69) is 9.72 Å². The summed E-state index contributed by atoms with van der Waals surface area (Å²) < 4.78 is 39.1. The van der Waals surface area contributed by atoms with Crippen molar-refractivity contribution in [3.8, 4) is 5.75 Å². The van der Waals surface area contributed by atoms with Crippen LogP contribution in [0.4, 0.5) is 18.9 Å². The van der Waals surface area contributed by atoms with Gasteiger partial charge in [0, 0.05) is 0 Å². The first kappa shape index (κ1) is 11.2. The molecule has 0 N–H and O–H groups in total. The summed E-state index contributed by atoms with van der Waals surface area (Å²) in [6.07, 6.45) is -4.03. The Morgan fingerprint density at radius 1 is 1.53 bits per heavy atom. The molecule has 8 heteroatoms. The Hall–Kier alpha value is -1.86. The van der Waals surface area contributed by atoms with E-state index in [1.165, 1.54) is 6.92 Å². The van der Waals surface area contributed by atoms with Gasteiger partial charge in [0.2, 0.25) is 0 Å². The molecule has 1 aromatic heterocycles. The Morgan fingerprint density at radius 2 is 2.13 bits per heavy atom. The number of ether oxygens (including phenoxy) is 1. The van der Waals surface area contributed by atoms with E-state index in [1.54, 1.807) is 0 Å². The predicted molar refractivity (Wildman–Crippen MR) is 42.3 cm³/mol. The second-order valence-electron chi connectivity index (χ2n) is 2.58. The van der Waals surface area contributed by atoms with E-state index in [1.807, 2.05) is 0 Å². The molecule has 0 aliphatic rings. The zero-order chi connectivity index (χ0) is 11.6. The molecular formula is C7H5F3N2O3. The maximum Gasteiger partial charge on any atom is 0.573 e. The number of hydrogen-bond donors (Lipinski definition) is 0. The number of nitro groups is 1. The van der Waals surface area contributed by atoms with E-state index < -0.39 is 22.7 Å². The van der Waals surface area contributed by atoms with E-state index in [4.69, 9.17) is 0 Å². The molecular weight excluding hydrogens is 217 g/mol. The molecule has 0 fully saturated rings.